The molecule has 2 aliphatic heterocycles. The number of para-hydroxylation sites is 1. The lowest BCUT2D eigenvalue weighted by Crippen LogP contribution is -2.50. The number of hydrogen-bond acceptors (Lipinski definition) is 3. The van der Waals surface area contributed by atoms with Gasteiger partial charge in [-0.2, -0.15) is 0 Å². The number of carbonyl (C=O) groups is 1. The zero-order valence-corrected chi connectivity index (χ0v) is 11.1. The molecule has 102 valence electrons. The lowest BCUT2D eigenvalue weighted by atomic mass is 9.79. The van der Waals surface area contributed by atoms with Gasteiger partial charge in [-0.05, 0) is 30.9 Å². The van der Waals surface area contributed by atoms with Gasteiger partial charge in [0, 0.05) is 32.0 Å². The van der Waals surface area contributed by atoms with Crippen molar-refractivity contribution in [3.8, 4) is 0 Å². The molecule has 1 amide bonds. The zero-order chi connectivity index (χ0) is 13.3. The van der Waals surface area contributed by atoms with E-state index < -0.39 is 5.41 Å². The molecule has 0 aromatic heterocycles. The maximum Gasteiger partial charge on any atom is 0.234 e. The predicted molar refractivity (Wildman–Crippen MR) is 74.0 cm³/mol. The molecule has 0 bridgehead atoms. The van der Waals surface area contributed by atoms with E-state index in [9.17, 15) is 4.79 Å². The Morgan fingerprint density at radius 1 is 1.32 bits per heavy atom. The first-order chi connectivity index (χ1) is 9.27. The van der Waals surface area contributed by atoms with Crippen molar-refractivity contribution in [2.75, 3.05) is 31.2 Å². The van der Waals surface area contributed by atoms with E-state index in [0.717, 1.165) is 31.5 Å². The Morgan fingerprint density at radius 2 is 2.05 bits per heavy atom. The first-order valence-corrected chi connectivity index (χ1v) is 6.94. The fourth-order valence-electron chi connectivity index (χ4n) is 3.10. The Balaban J connectivity index is 1.88. The average Bonchev–Trinajstić information content (AvgIpc) is 2.91. The van der Waals surface area contributed by atoms with Crippen molar-refractivity contribution in [1.82, 2.24) is 0 Å². The molecule has 19 heavy (non-hydrogen) atoms. The second kappa shape index (κ2) is 4.94. The lowest BCUT2D eigenvalue weighted by molar-refractivity contribution is -0.132. The van der Waals surface area contributed by atoms with Crippen molar-refractivity contribution < 1.29 is 9.53 Å². The highest BCUT2D eigenvalue weighted by Crippen LogP contribution is 2.36. The van der Waals surface area contributed by atoms with Gasteiger partial charge in [0.1, 0.15) is 0 Å². The van der Waals surface area contributed by atoms with Gasteiger partial charge in [0.15, 0.2) is 0 Å². The molecule has 1 saturated heterocycles. The molecule has 0 atom stereocenters. The summed E-state index contributed by atoms with van der Waals surface area (Å²) < 4.78 is 5.38. The van der Waals surface area contributed by atoms with Crippen LogP contribution in [0.2, 0.25) is 0 Å². The van der Waals surface area contributed by atoms with Crippen LogP contribution in [0.3, 0.4) is 0 Å². The highest BCUT2D eigenvalue weighted by atomic mass is 16.5. The Kier molecular flexibility index (Phi) is 3.29. The van der Waals surface area contributed by atoms with Crippen LogP contribution in [-0.4, -0.2) is 32.2 Å². The van der Waals surface area contributed by atoms with Gasteiger partial charge >= 0.3 is 0 Å². The third-order valence-corrected chi connectivity index (χ3v) is 4.43. The van der Waals surface area contributed by atoms with Crippen molar-refractivity contribution in [2.45, 2.75) is 19.3 Å². The summed E-state index contributed by atoms with van der Waals surface area (Å²) in [6, 6.07) is 8.15. The molecular formula is C15H20N2O2. The third kappa shape index (κ3) is 2.05. The van der Waals surface area contributed by atoms with Crippen molar-refractivity contribution in [3.63, 3.8) is 0 Å². The van der Waals surface area contributed by atoms with Gasteiger partial charge in [-0.15, -0.1) is 0 Å². The molecule has 0 radical (unpaired) electrons. The van der Waals surface area contributed by atoms with Crippen molar-refractivity contribution in [2.24, 2.45) is 11.1 Å². The number of benzene rings is 1. The molecule has 0 spiro atoms. The number of hydrogen-bond donors (Lipinski definition) is 1. The third-order valence-electron chi connectivity index (χ3n) is 4.43. The van der Waals surface area contributed by atoms with Crippen LogP contribution in [0.15, 0.2) is 24.3 Å². The number of rotatable bonds is 2. The van der Waals surface area contributed by atoms with Crippen LogP contribution < -0.4 is 10.6 Å². The molecule has 1 aromatic carbocycles. The molecule has 2 N–H and O–H groups in total. The summed E-state index contributed by atoms with van der Waals surface area (Å²) in [6.45, 7) is 2.46. The summed E-state index contributed by atoms with van der Waals surface area (Å²) in [7, 11) is 0. The van der Waals surface area contributed by atoms with E-state index in [2.05, 4.69) is 6.07 Å². The average molecular weight is 260 g/mol. The van der Waals surface area contributed by atoms with E-state index in [1.165, 1.54) is 5.56 Å². The van der Waals surface area contributed by atoms with Gasteiger partial charge in [0.05, 0.1) is 5.41 Å². The molecule has 0 unspecified atom stereocenters. The van der Waals surface area contributed by atoms with Crippen LogP contribution in [0, 0.1) is 5.41 Å². The first kappa shape index (κ1) is 12.6. The minimum absolute atomic E-state index is 0.184. The highest BCUT2D eigenvalue weighted by molar-refractivity contribution is 5.99. The summed E-state index contributed by atoms with van der Waals surface area (Å²) >= 11 is 0. The van der Waals surface area contributed by atoms with Crippen LogP contribution in [0.4, 0.5) is 5.69 Å². The molecule has 1 aromatic rings. The minimum Gasteiger partial charge on any atom is -0.381 e. The van der Waals surface area contributed by atoms with Gasteiger partial charge < -0.3 is 15.4 Å². The maximum absolute atomic E-state index is 12.9. The van der Waals surface area contributed by atoms with Crippen LogP contribution in [0.1, 0.15) is 18.4 Å². The van der Waals surface area contributed by atoms with Crippen molar-refractivity contribution in [3.05, 3.63) is 29.8 Å². The maximum atomic E-state index is 12.9. The summed E-state index contributed by atoms with van der Waals surface area (Å²) in [6.07, 6.45) is 2.42. The monoisotopic (exact) mass is 260 g/mol. The quantitative estimate of drug-likeness (QED) is 0.873. The Morgan fingerprint density at radius 3 is 2.79 bits per heavy atom. The zero-order valence-electron chi connectivity index (χ0n) is 11.1. The predicted octanol–water partition coefficient (Wildman–Crippen LogP) is 1.33. The van der Waals surface area contributed by atoms with Crippen molar-refractivity contribution in [1.29, 1.82) is 0 Å². The van der Waals surface area contributed by atoms with E-state index in [1.54, 1.807) is 0 Å². The van der Waals surface area contributed by atoms with Gasteiger partial charge in [-0.25, -0.2) is 0 Å². The molecule has 0 aliphatic carbocycles. The Hall–Kier alpha value is -1.39. The first-order valence-electron chi connectivity index (χ1n) is 6.94. The number of ether oxygens (including phenoxy) is 1. The lowest BCUT2D eigenvalue weighted by Gasteiger charge is -2.37. The standard InChI is InChI=1S/C15H20N2O2/c16-11-15(6-9-19-10-7-15)14(18)17-8-5-12-3-1-2-4-13(12)17/h1-4H,5-11,16H2. The second-order valence-electron chi connectivity index (χ2n) is 5.43. The van der Waals surface area contributed by atoms with Gasteiger partial charge in [-0.3, -0.25) is 4.79 Å². The molecule has 3 rings (SSSR count). The smallest absolute Gasteiger partial charge is 0.234 e. The number of carbonyl (C=O) groups excluding carboxylic acids is 1. The topological polar surface area (TPSA) is 55.6 Å². The Bertz CT molecular complexity index is 481. The van der Waals surface area contributed by atoms with Gasteiger partial charge in [-0.1, -0.05) is 18.2 Å². The van der Waals surface area contributed by atoms with E-state index >= 15 is 0 Å². The van der Waals surface area contributed by atoms with E-state index in [-0.39, 0.29) is 5.91 Å². The fraction of sp³-hybridized carbons (Fsp3) is 0.533. The summed E-state index contributed by atoms with van der Waals surface area (Å²) in [5.41, 5.74) is 7.82. The van der Waals surface area contributed by atoms with E-state index in [4.69, 9.17) is 10.5 Å². The number of nitrogens with zero attached hydrogens (tertiary/aromatic N) is 1. The molecule has 2 aliphatic rings. The molecule has 0 saturated carbocycles. The SMILES string of the molecule is NCC1(C(=O)N2CCc3ccccc32)CCOCC1. The van der Waals surface area contributed by atoms with Crippen molar-refractivity contribution >= 4 is 11.6 Å². The summed E-state index contributed by atoms with van der Waals surface area (Å²) in [5, 5.41) is 0. The molecule has 4 heteroatoms. The fourth-order valence-corrected chi connectivity index (χ4v) is 3.10. The van der Waals surface area contributed by atoms with Crippen LogP contribution in [0.25, 0.3) is 0 Å². The van der Waals surface area contributed by atoms with Crippen LogP contribution in [0.5, 0.6) is 0 Å². The normalized spacial score (nSPS) is 21.2. The number of fused-ring (bicyclic) bond motifs is 1. The van der Waals surface area contributed by atoms with E-state index in [1.807, 2.05) is 23.1 Å². The number of anilines is 1. The molecule has 4 nitrogen and oxygen atoms in total. The Labute approximate surface area is 113 Å². The summed E-state index contributed by atoms with van der Waals surface area (Å²) in [4.78, 5) is 14.8. The molecule has 1 fully saturated rings. The second-order valence-corrected chi connectivity index (χ2v) is 5.43. The number of nitrogens with two attached hydrogens (primary N) is 1. The molecule has 2 heterocycles. The van der Waals surface area contributed by atoms with Gasteiger partial charge in [0.2, 0.25) is 5.91 Å². The number of amides is 1. The molecular weight excluding hydrogens is 240 g/mol. The summed E-state index contributed by atoms with van der Waals surface area (Å²) in [5.74, 6) is 0.184. The largest absolute Gasteiger partial charge is 0.381 e. The van der Waals surface area contributed by atoms with Gasteiger partial charge in [0.25, 0.3) is 0 Å². The van der Waals surface area contributed by atoms with E-state index in [0.29, 0.717) is 19.8 Å². The van der Waals surface area contributed by atoms with Crippen LogP contribution in [-0.2, 0) is 16.0 Å². The highest BCUT2D eigenvalue weighted by Gasteiger charge is 2.43. The van der Waals surface area contributed by atoms with Crippen LogP contribution >= 0.6 is 0 Å². The minimum atomic E-state index is -0.421.